The highest BCUT2D eigenvalue weighted by Crippen LogP contribution is 2.19. The summed E-state index contributed by atoms with van der Waals surface area (Å²) in [6.07, 6.45) is 2.04. The molecule has 30 heavy (non-hydrogen) atoms. The van der Waals surface area contributed by atoms with Crippen molar-refractivity contribution in [3.8, 4) is 0 Å². The van der Waals surface area contributed by atoms with E-state index in [9.17, 15) is 0 Å². The van der Waals surface area contributed by atoms with E-state index in [1.54, 1.807) is 0 Å². The molecule has 0 bridgehead atoms. The van der Waals surface area contributed by atoms with Gasteiger partial charge in [0.05, 0.1) is 32.5 Å². The summed E-state index contributed by atoms with van der Waals surface area (Å²) >= 11 is 0. The largest absolute Gasteiger partial charge is 0.378 e. The van der Waals surface area contributed by atoms with Crippen molar-refractivity contribution in [2.24, 2.45) is 10.9 Å². The normalized spacial score (nSPS) is 21.1. The van der Waals surface area contributed by atoms with Crippen LogP contribution in [0.1, 0.15) is 26.3 Å². The molecule has 1 aromatic heterocycles. The number of nitrogens with zero attached hydrogens (tertiary/aromatic N) is 4. The molecule has 0 aliphatic carbocycles. The number of guanidine groups is 1. The van der Waals surface area contributed by atoms with E-state index in [1.165, 1.54) is 0 Å². The summed E-state index contributed by atoms with van der Waals surface area (Å²) in [5.74, 6) is 2.51. The van der Waals surface area contributed by atoms with Gasteiger partial charge in [0.2, 0.25) is 0 Å². The van der Waals surface area contributed by atoms with Crippen molar-refractivity contribution in [1.82, 2.24) is 20.5 Å². The third kappa shape index (κ3) is 7.11. The molecule has 3 rings (SSSR count). The fraction of sp³-hybridized carbons (Fsp3) is 0.727. The first-order chi connectivity index (χ1) is 14.7. The number of ether oxygens (including phenoxy) is 2. The quantitative estimate of drug-likeness (QED) is 0.487. The molecule has 2 aliphatic rings. The number of aromatic nitrogens is 1. The Bertz CT molecular complexity index is 663. The van der Waals surface area contributed by atoms with E-state index >= 15 is 0 Å². The molecule has 0 saturated carbocycles. The van der Waals surface area contributed by atoms with E-state index < -0.39 is 0 Å². The molecule has 1 atom stereocenters. The Balaban J connectivity index is 1.57. The lowest BCUT2D eigenvalue weighted by Gasteiger charge is -2.34. The van der Waals surface area contributed by atoms with Gasteiger partial charge in [0.1, 0.15) is 5.82 Å². The topological polar surface area (TPSA) is 74.2 Å². The molecule has 3 heterocycles. The Morgan fingerprint density at radius 2 is 2.07 bits per heavy atom. The Kier molecular flexibility index (Phi) is 9.17. The van der Waals surface area contributed by atoms with Gasteiger partial charge in [-0.05, 0) is 18.9 Å². The maximum atomic E-state index is 5.96. The fourth-order valence-corrected chi connectivity index (χ4v) is 3.92. The van der Waals surface area contributed by atoms with Gasteiger partial charge < -0.3 is 25.0 Å². The fourth-order valence-electron chi connectivity index (χ4n) is 3.92. The average Bonchev–Trinajstić information content (AvgIpc) is 2.76. The summed E-state index contributed by atoms with van der Waals surface area (Å²) in [4.78, 5) is 14.2. The van der Waals surface area contributed by atoms with Crippen molar-refractivity contribution in [2.45, 2.75) is 33.4 Å². The zero-order valence-electron chi connectivity index (χ0n) is 18.8. The van der Waals surface area contributed by atoms with Crippen LogP contribution in [0, 0.1) is 5.92 Å². The van der Waals surface area contributed by atoms with Gasteiger partial charge in [-0.3, -0.25) is 4.90 Å². The molecule has 8 heteroatoms. The molecule has 0 spiro atoms. The molecule has 2 fully saturated rings. The Morgan fingerprint density at radius 3 is 2.83 bits per heavy atom. The van der Waals surface area contributed by atoms with Gasteiger partial charge >= 0.3 is 0 Å². The van der Waals surface area contributed by atoms with Gasteiger partial charge in [-0.1, -0.05) is 19.9 Å². The molecule has 8 nitrogen and oxygen atoms in total. The Hall–Kier alpha value is -1.90. The second-order valence-corrected chi connectivity index (χ2v) is 8.31. The zero-order chi connectivity index (χ0) is 21.2. The van der Waals surface area contributed by atoms with Crippen LogP contribution in [0.15, 0.2) is 23.3 Å². The average molecular weight is 419 g/mol. The summed E-state index contributed by atoms with van der Waals surface area (Å²) in [5, 5.41) is 6.82. The van der Waals surface area contributed by atoms with Crippen LogP contribution in [0.3, 0.4) is 0 Å². The van der Waals surface area contributed by atoms with E-state index in [4.69, 9.17) is 14.5 Å². The summed E-state index contributed by atoms with van der Waals surface area (Å²) in [6, 6.07) is 4.09. The van der Waals surface area contributed by atoms with E-state index in [-0.39, 0.29) is 6.10 Å². The smallest absolute Gasteiger partial charge is 0.191 e. The maximum Gasteiger partial charge on any atom is 0.191 e. The van der Waals surface area contributed by atoms with Crippen molar-refractivity contribution < 1.29 is 9.47 Å². The molecule has 2 N–H and O–H groups in total. The summed E-state index contributed by atoms with van der Waals surface area (Å²) < 4.78 is 11.4. The summed E-state index contributed by atoms with van der Waals surface area (Å²) in [7, 11) is 0. The minimum Gasteiger partial charge on any atom is -0.378 e. The van der Waals surface area contributed by atoms with Gasteiger partial charge in [-0.2, -0.15) is 0 Å². The molecule has 2 aliphatic heterocycles. The van der Waals surface area contributed by atoms with Crippen molar-refractivity contribution in [3.63, 3.8) is 0 Å². The number of rotatable bonds is 8. The van der Waals surface area contributed by atoms with Crippen LogP contribution in [0.5, 0.6) is 0 Å². The van der Waals surface area contributed by atoms with Crippen molar-refractivity contribution in [2.75, 3.05) is 70.5 Å². The highest BCUT2D eigenvalue weighted by atomic mass is 16.5. The Labute approximate surface area is 181 Å². The standard InChI is InChI=1S/C22H38N6O2/c1-4-23-22(26-15-20-17-27(8-13-30-20)16-18(2)3)25-14-19-6-5-7-24-21(19)28-9-11-29-12-10-28/h5-7,18,20H,4,8-17H2,1-3H3,(H2,23,25,26). The van der Waals surface area contributed by atoms with Gasteiger partial charge in [0, 0.05) is 57.6 Å². The number of aliphatic imine (C=N–C) groups is 1. The van der Waals surface area contributed by atoms with Crippen LogP contribution in [-0.4, -0.2) is 87.6 Å². The van der Waals surface area contributed by atoms with Gasteiger partial charge in [-0.15, -0.1) is 0 Å². The molecule has 2 saturated heterocycles. The third-order valence-corrected chi connectivity index (χ3v) is 5.27. The SMILES string of the molecule is CCNC(=NCc1cccnc1N1CCOCC1)NCC1CN(CC(C)C)CCO1. The summed E-state index contributed by atoms with van der Waals surface area (Å²) in [5.41, 5.74) is 1.13. The number of hydrogen-bond donors (Lipinski definition) is 2. The molecule has 0 amide bonds. The van der Waals surface area contributed by atoms with Crippen molar-refractivity contribution in [3.05, 3.63) is 23.9 Å². The first kappa shape index (κ1) is 22.8. The molecular formula is C22H38N6O2. The minimum absolute atomic E-state index is 0.184. The van der Waals surface area contributed by atoms with Gasteiger partial charge in [0.25, 0.3) is 0 Å². The second-order valence-electron chi connectivity index (χ2n) is 8.31. The van der Waals surface area contributed by atoms with E-state index in [0.29, 0.717) is 12.5 Å². The third-order valence-electron chi connectivity index (χ3n) is 5.27. The minimum atomic E-state index is 0.184. The van der Waals surface area contributed by atoms with Crippen LogP contribution >= 0.6 is 0 Å². The van der Waals surface area contributed by atoms with Crippen molar-refractivity contribution >= 4 is 11.8 Å². The molecule has 1 unspecified atom stereocenters. The maximum absolute atomic E-state index is 5.96. The number of nitrogens with one attached hydrogen (secondary N) is 2. The number of hydrogen-bond acceptors (Lipinski definition) is 6. The Morgan fingerprint density at radius 1 is 1.23 bits per heavy atom. The predicted molar refractivity (Wildman–Crippen MR) is 121 cm³/mol. The van der Waals surface area contributed by atoms with Crippen LogP contribution in [0.4, 0.5) is 5.82 Å². The zero-order valence-corrected chi connectivity index (χ0v) is 18.8. The van der Waals surface area contributed by atoms with Gasteiger partial charge in [0.15, 0.2) is 5.96 Å². The number of morpholine rings is 2. The molecule has 1 aromatic rings. The number of anilines is 1. The van der Waals surface area contributed by atoms with Crippen LogP contribution < -0.4 is 15.5 Å². The van der Waals surface area contributed by atoms with E-state index in [0.717, 1.165) is 83.0 Å². The van der Waals surface area contributed by atoms with Crippen molar-refractivity contribution in [1.29, 1.82) is 0 Å². The highest BCUT2D eigenvalue weighted by molar-refractivity contribution is 5.79. The first-order valence-electron chi connectivity index (χ1n) is 11.3. The lowest BCUT2D eigenvalue weighted by molar-refractivity contribution is -0.0284. The van der Waals surface area contributed by atoms with Crippen LogP contribution in [0.2, 0.25) is 0 Å². The lowest BCUT2D eigenvalue weighted by Crippen LogP contribution is -2.50. The van der Waals surface area contributed by atoms with Crippen LogP contribution in [0.25, 0.3) is 0 Å². The van der Waals surface area contributed by atoms with Crippen LogP contribution in [-0.2, 0) is 16.0 Å². The lowest BCUT2D eigenvalue weighted by atomic mass is 10.2. The molecule has 0 aromatic carbocycles. The number of pyridine rings is 1. The molecule has 168 valence electrons. The molecule has 0 radical (unpaired) electrons. The van der Waals surface area contributed by atoms with E-state index in [2.05, 4.69) is 52.3 Å². The monoisotopic (exact) mass is 418 g/mol. The van der Waals surface area contributed by atoms with Gasteiger partial charge in [-0.25, -0.2) is 9.98 Å². The molecular weight excluding hydrogens is 380 g/mol. The second kappa shape index (κ2) is 12.1. The van der Waals surface area contributed by atoms with E-state index in [1.807, 2.05) is 12.3 Å². The summed E-state index contributed by atoms with van der Waals surface area (Å²) in [6.45, 7) is 15.9. The first-order valence-corrected chi connectivity index (χ1v) is 11.3. The predicted octanol–water partition coefficient (Wildman–Crippen LogP) is 1.33. The highest BCUT2D eigenvalue weighted by Gasteiger charge is 2.21.